The monoisotopic (exact) mass is 493 g/mol. The summed E-state index contributed by atoms with van der Waals surface area (Å²) in [6.07, 6.45) is 3.21. The molecule has 2 aliphatic heterocycles. The lowest BCUT2D eigenvalue weighted by Gasteiger charge is -2.15. The van der Waals surface area contributed by atoms with Gasteiger partial charge in [0.1, 0.15) is 5.76 Å². The van der Waals surface area contributed by atoms with Crippen LogP contribution in [0.15, 0.2) is 70.2 Å². The Labute approximate surface area is 202 Å². The Kier molecular flexibility index (Phi) is 6.00. The molecule has 2 aliphatic rings. The number of nitrogens with one attached hydrogen (secondary N) is 1. The van der Waals surface area contributed by atoms with E-state index in [1.165, 1.54) is 28.8 Å². The van der Waals surface area contributed by atoms with Crippen molar-refractivity contribution < 1.29 is 27.2 Å². The van der Waals surface area contributed by atoms with Gasteiger partial charge in [-0.25, -0.2) is 8.42 Å². The molecule has 1 fully saturated rings. The molecule has 1 saturated heterocycles. The summed E-state index contributed by atoms with van der Waals surface area (Å²) in [7, 11) is -3.49. The molecule has 180 valence electrons. The average Bonchev–Trinajstić information content (AvgIpc) is 3.63. The minimum atomic E-state index is -3.49. The molecule has 0 unspecified atom stereocenters. The quantitative estimate of drug-likeness (QED) is 0.506. The molecule has 3 amide bonds. The normalized spacial score (nSPS) is 16.1. The predicted octanol–water partition coefficient (Wildman–Crippen LogP) is 2.79. The van der Waals surface area contributed by atoms with E-state index < -0.39 is 27.7 Å². The second-order valence-corrected chi connectivity index (χ2v) is 10.4. The third-order valence-electron chi connectivity index (χ3n) is 6.21. The molecule has 3 heterocycles. The van der Waals surface area contributed by atoms with E-state index in [0.29, 0.717) is 18.8 Å². The molecule has 10 heteroatoms. The maximum absolute atomic E-state index is 12.8. The number of hydrogen-bond acceptors (Lipinski definition) is 6. The average molecular weight is 494 g/mol. The summed E-state index contributed by atoms with van der Waals surface area (Å²) in [6, 6.07) is 14.2. The van der Waals surface area contributed by atoms with Gasteiger partial charge in [0.2, 0.25) is 10.0 Å². The van der Waals surface area contributed by atoms with Crippen LogP contribution in [0, 0.1) is 0 Å². The van der Waals surface area contributed by atoms with Gasteiger partial charge in [-0.3, -0.25) is 19.3 Å². The first kappa shape index (κ1) is 23.0. The van der Waals surface area contributed by atoms with Crippen molar-refractivity contribution in [3.63, 3.8) is 0 Å². The lowest BCUT2D eigenvalue weighted by atomic mass is 10.1. The van der Waals surface area contributed by atoms with Crippen molar-refractivity contribution in [3.8, 4) is 0 Å². The summed E-state index contributed by atoms with van der Waals surface area (Å²) in [5.74, 6) is -0.841. The largest absolute Gasteiger partial charge is 0.467 e. The molecule has 1 aromatic heterocycles. The number of amides is 3. The molecule has 9 nitrogen and oxygen atoms in total. The number of furan rings is 1. The number of rotatable bonds is 7. The lowest BCUT2D eigenvalue weighted by molar-refractivity contribution is 0.0631. The van der Waals surface area contributed by atoms with E-state index in [1.54, 1.807) is 36.4 Å². The van der Waals surface area contributed by atoms with Crippen LogP contribution in [0.25, 0.3) is 0 Å². The van der Waals surface area contributed by atoms with Crippen LogP contribution in [-0.4, -0.2) is 48.4 Å². The van der Waals surface area contributed by atoms with E-state index in [9.17, 15) is 22.8 Å². The van der Waals surface area contributed by atoms with E-state index in [2.05, 4.69) is 5.32 Å². The summed E-state index contributed by atoms with van der Waals surface area (Å²) in [6.45, 7) is 1.27. The highest BCUT2D eigenvalue weighted by Gasteiger charge is 2.36. The van der Waals surface area contributed by atoms with Gasteiger partial charge in [-0.15, -0.1) is 0 Å². The molecular formula is C25H23N3O6S. The summed E-state index contributed by atoms with van der Waals surface area (Å²) >= 11 is 0. The van der Waals surface area contributed by atoms with Gasteiger partial charge in [-0.05, 0) is 60.9 Å². The van der Waals surface area contributed by atoms with Crippen LogP contribution in [-0.2, 0) is 23.1 Å². The third kappa shape index (κ3) is 4.38. The van der Waals surface area contributed by atoms with Crippen molar-refractivity contribution in [3.05, 3.63) is 88.9 Å². The molecule has 0 atom stereocenters. The van der Waals surface area contributed by atoms with Gasteiger partial charge in [0, 0.05) is 25.2 Å². The van der Waals surface area contributed by atoms with Gasteiger partial charge >= 0.3 is 0 Å². The topological polar surface area (TPSA) is 117 Å². The van der Waals surface area contributed by atoms with E-state index in [0.717, 1.165) is 23.3 Å². The minimum Gasteiger partial charge on any atom is -0.467 e. The highest BCUT2D eigenvalue weighted by Crippen LogP contribution is 2.26. The number of nitrogens with zero attached hydrogens (tertiary/aromatic N) is 2. The maximum Gasteiger partial charge on any atom is 0.261 e. The highest BCUT2D eigenvalue weighted by atomic mass is 32.2. The zero-order chi connectivity index (χ0) is 24.6. The van der Waals surface area contributed by atoms with Crippen molar-refractivity contribution in [1.29, 1.82) is 0 Å². The smallest absolute Gasteiger partial charge is 0.261 e. The number of fused-ring (bicyclic) bond motifs is 1. The van der Waals surface area contributed by atoms with Crippen LogP contribution in [0.5, 0.6) is 0 Å². The molecule has 0 radical (unpaired) electrons. The van der Waals surface area contributed by atoms with E-state index in [1.807, 2.05) is 0 Å². The van der Waals surface area contributed by atoms with Crippen molar-refractivity contribution in [2.24, 2.45) is 0 Å². The Balaban J connectivity index is 1.24. The van der Waals surface area contributed by atoms with E-state index in [4.69, 9.17) is 4.42 Å². The zero-order valence-electron chi connectivity index (χ0n) is 18.8. The Hall–Kier alpha value is -3.76. The van der Waals surface area contributed by atoms with Gasteiger partial charge in [-0.1, -0.05) is 12.1 Å². The minimum absolute atomic E-state index is 0.0182. The van der Waals surface area contributed by atoms with E-state index >= 15 is 0 Å². The SMILES string of the molecule is O=C(NCc1ccc(S(=O)(=O)N2CCCC2)cc1)c1ccc2c(c1)C(=O)N(Cc1ccco1)C2=O. The van der Waals surface area contributed by atoms with Crippen molar-refractivity contribution in [2.45, 2.75) is 30.8 Å². The van der Waals surface area contributed by atoms with Crippen LogP contribution in [0.4, 0.5) is 0 Å². The number of imide groups is 1. The predicted molar refractivity (Wildman–Crippen MR) is 125 cm³/mol. The molecule has 1 N–H and O–H groups in total. The first-order chi connectivity index (χ1) is 16.8. The standard InChI is InChI=1S/C25H23N3O6S/c29-23(26-15-17-5-8-20(9-6-17)35(32,33)27-11-1-2-12-27)18-7-10-21-22(14-18)25(31)28(24(21)30)16-19-4-3-13-34-19/h3-10,13-14H,1-2,11-12,15-16H2,(H,26,29). The summed E-state index contributed by atoms with van der Waals surface area (Å²) in [5, 5.41) is 2.77. The first-order valence-corrected chi connectivity index (χ1v) is 12.7. The van der Waals surface area contributed by atoms with Gasteiger partial charge in [0.25, 0.3) is 17.7 Å². The van der Waals surface area contributed by atoms with Crippen molar-refractivity contribution in [2.75, 3.05) is 13.1 Å². The van der Waals surface area contributed by atoms with Crippen molar-refractivity contribution >= 4 is 27.7 Å². The lowest BCUT2D eigenvalue weighted by Crippen LogP contribution is -2.28. The molecule has 2 aromatic carbocycles. The molecule has 0 saturated carbocycles. The van der Waals surface area contributed by atoms with Crippen molar-refractivity contribution in [1.82, 2.24) is 14.5 Å². The fraction of sp³-hybridized carbons (Fsp3) is 0.240. The molecule has 0 spiro atoms. The number of hydrogen-bond donors (Lipinski definition) is 1. The Morgan fingerprint density at radius 2 is 1.66 bits per heavy atom. The third-order valence-corrected chi connectivity index (χ3v) is 8.12. The second kappa shape index (κ2) is 9.12. The van der Waals surface area contributed by atoms with Crippen LogP contribution >= 0.6 is 0 Å². The van der Waals surface area contributed by atoms with Gasteiger partial charge in [0.05, 0.1) is 28.8 Å². The number of sulfonamides is 1. The van der Waals surface area contributed by atoms with Crippen LogP contribution in [0.1, 0.15) is 55.2 Å². The first-order valence-electron chi connectivity index (χ1n) is 11.2. The Bertz CT molecular complexity index is 1390. The molecule has 35 heavy (non-hydrogen) atoms. The molecule has 0 bridgehead atoms. The fourth-order valence-electron chi connectivity index (χ4n) is 4.28. The van der Waals surface area contributed by atoms with E-state index in [-0.39, 0.29) is 34.7 Å². The van der Waals surface area contributed by atoms with Crippen LogP contribution in [0.3, 0.4) is 0 Å². The summed E-state index contributed by atoms with van der Waals surface area (Å²) < 4.78 is 32.0. The summed E-state index contributed by atoms with van der Waals surface area (Å²) in [5.41, 5.74) is 1.40. The zero-order valence-corrected chi connectivity index (χ0v) is 19.6. The summed E-state index contributed by atoms with van der Waals surface area (Å²) in [4.78, 5) is 39.4. The fourth-order valence-corrected chi connectivity index (χ4v) is 5.79. The molecular weight excluding hydrogens is 470 g/mol. The molecule has 3 aromatic rings. The van der Waals surface area contributed by atoms with Gasteiger partial charge in [0.15, 0.2) is 0 Å². The van der Waals surface area contributed by atoms with Gasteiger partial charge in [-0.2, -0.15) is 4.31 Å². The van der Waals surface area contributed by atoms with Gasteiger partial charge < -0.3 is 9.73 Å². The number of carbonyl (C=O) groups is 3. The number of carbonyl (C=O) groups excluding carboxylic acids is 3. The van der Waals surface area contributed by atoms with Crippen LogP contribution < -0.4 is 5.32 Å². The molecule has 5 rings (SSSR count). The Morgan fingerprint density at radius 1 is 0.943 bits per heavy atom. The maximum atomic E-state index is 12.8. The Morgan fingerprint density at radius 3 is 2.34 bits per heavy atom. The second-order valence-electron chi connectivity index (χ2n) is 8.47. The number of benzene rings is 2. The molecule has 0 aliphatic carbocycles. The highest BCUT2D eigenvalue weighted by molar-refractivity contribution is 7.89. The van der Waals surface area contributed by atoms with Crippen LogP contribution in [0.2, 0.25) is 0 Å².